The van der Waals surface area contributed by atoms with Crippen LogP contribution in [-0.2, 0) is 22.6 Å². The molecular weight excluding hydrogens is 330 g/mol. The fourth-order valence-corrected chi connectivity index (χ4v) is 2.65. The lowest BCUT2D eigenvalue weighted by Crippen LogP contribution is -2.07. The molecule has 0 fully saturated rings. The van der Waals surface area contributed by atoms with Crippen LogP contribution >= 0.6 is 11.8 Å². The second-order valence-corrected chi connectivity index (χ2v) is 6.53. The number of ether oxygens (including phenoxy) is 1. The molecule has 0 aliphatic heterocycles. The van der Waals surface area contributed by atoms with Gasteiger partial charge < -0.3 is 13.7 Å². The van der Waals surface area contributed by atoms with Gasteiger partial charge in [-0.3, -0.25) is 4.79 Å². The molecule has 0 radical (unpaired) electrons. The zero-order valence-electron chi connectivity index (χ0n) is 13.4. The normalized spacial score (nSPS) is 11.3. The van der Waals surface area contributed by atoms with Crippen molar-refractivity contribution in [3.8, 4) is 0 Å². The number of hydrogen-bond donors (Lipinski definition) is 0. The van der Waals surface area contributed by atoms with Crippen LogP contribution in [0.3, 0.4) is 0 Å². The number of carbonyl (C=O) groups is 1. The number of aromatic nitrogens is 3. The standard InChI is InChI=1S/C16H17N3O4S/c1-10(2)7-13-18-14(23-19-13)8-21-15(20)9-24-16-17-11-5-3-4-6-12(11)22-16/h3-6,10H,7-9H2,1-2H3. The van der Waals surface area contributed by atoms with Gasteiger partial charge in [0, 0.05) is 6.42 Å². The molecule has 0 saturated heterocycles. The summed E-state index contributed by atoms with van der Waals surface area (Å²) >= 11 is 1.18. The summed E-state index contributed by atoms with van der Waals surface area (Å²) in [5, 5.41) is 4.28. The molecule has 2 heterocycles. The van der Waals surface area contributed by atoms with Gasteiger partial charge in [-0.15, -0.1) is 0 Å². The number of nitrogens with zero attached hydrogens (tertiary/aromatic N) is 3. The van der Waals surface area contributed by atoms with E-state index in [0.29, 0.717) is 28.4 Å². The van der Waals surface area contributed by atoms with Crippen LogP contribution in [-0.4, -0.2) is 26.8 Å². The van der Waals surface area contributed by atoms with Gasteiger partial charge in [0.25, 0.3) is 11.1 Å². The number of hydrogen-bond acceptors (Lipinski definition) is 8. The summed E-state index contributed by atoms with van der Waals surface area (Å²) in [5.74, 6) is 1.05. The number of fused-ring (bicyclic) bond motifs is 1. The van der Waals surface area contributed by atoms with E-state index >= 15 is 0 Å². The predicted molar refractivity (Wildman–Crippen MR) is 87.4 cm³/mol. The Kier molecular flexibility index (Phi) is 5.14. The minimum Gasteiger partial charge on any atom is -0.455 e. The number of para-hydroxylation sites is 2. The van der Waals surface area contributed by atoms with E-state index in [4.69, 9.17) is 13.7 Å². The van der Waals surface area contributed by atoms with Gasteiger partial charge in [0.05, 0.1) is 0 Å². The number of rotatable bonds is 7. The summed E-state index contributed by atoms with van der Waals surface area (Å²) in [6.45, 7) is 4.11. The Morgan fingerprint density at radius 2 is 2.12 bits per heavy atom. The zero-order valence-corrected chi connectivity index (χ0v) is 14.2. The molecule has 0 unspecified atom stereocenters. The highest BCUT2D eigenvalue weighted by Crippen LogP contribution is 2.23. The van der Waals surface area contributed by atoms with Crippen molar-refractivity contribution >= 4 is 28.8 Å². The molecule has 0 aliphatic carbocycles. The van der Waals surface area contributed by atoms with Crippen LogP contribution in [0.1, 0.15) is 25.6 Å². The maximum absolute atomic E-state index is 11.8. The molecule has 126 valence electrons. The lowest BCUT2D eigenvalue weighted by molar-refractivity contribution is -0.142. The molecule has 1 aromatic carbocycles. The molecular formula is C16H17N3O4S. The fraction of sp³-hybridized carbons (Fsp3) is 0.375. The molecule has 24 heavy (non-hydrogen) atoms. The van der Waals surface area contributed by atoms with E-state index in [9.17, 15) is 4.79 Å². The minimum absolute atomic E-state index is 0.0297. The quantitative estimate of drug-likeness (QED) is 0.475. The highest BCUT2D eigenvalue weighted by atomic mass is 32.2. The van der Waals surface area contributed by atoms with Gasteiger partial charge in [0.2, 0.25) is 0 Å². The third-order valence-corrected chi connectivity index (χ3v) is 3.85. The average Bonchev–Trinajstić information content (AvgIpc) is 3.16. The van der Waals surface area contributed by atoms with E-state index in [1.54, 1.807) is 0 Å². The number of benzene rings is 1. The van der Waals surface area contributed by atoms with Crippen LogP contribution in [0, 0.1) is 5.92 Å². The van der Waals surface area contributed by atoms with E-state index in [0.717, 1.165) is 11.9 Å². The molecule has 0 N–H and O–H groups in total. The second-order valence-electron chi connectivity index (χ2n) is 5.60. The van der Waals surface area contributed by atoms with Crippen LogP contribution in [0.25, 0.3) is 11.1 Å². The molecule has 0 atom stereocenters. The zero-order chi connectivity index (χ0) is 16.9. The lowest BCUT2D eigenvalue weighted by atomic mass is 10.1. The van der Waals surface area contributed by atoms with Crippen LogP contribution in [0.2, 0.25) is 0 Å². The van der Waals surface area contributed by atoms with Crippen LogP contribution in [0.5, 0.6) is 0 Å². The topological polar surface area (TPSA) is 91.2 Å². The largest absolute Gasteiger partial charge is 0.455 e. The van der Waals surface area contributed by atoms with Crippen molar-refractivity contribution < 1.29 is 18.5 Å². The molecule has 2 aromatic heterocycles. The van der Waals surface area contributed by atoms with Gasteiger partial charge in [-0.05, 0) is 18.1 Å². The summed E-state index contributed by atoms with van der Waals surface area (Å²) in [5.41, 5.74) is 1.45. The number of esters is 1. The monoisotopic (exact) mass is 347 g/mol. The van der Waals surface area contributed by atoms with Crippen molar-refractivity contribution in [2.24, 2.45) is 5.92 Å². The first-order chi connectivity index (χ1) is 11.6. The molecule has 8 heteroatoms. The molecule has 7 nitrogen and oxygen atoms in total. The molecule has 0 aliphatic rings. The Labute approximate surface area is 142 Å². The molecule has 3 rings (SSSR count). The van der Waals surface area contributed by atoms with E-state index < -0.39 is 5.97 Å². The summed E-state index contributed by atoms with van der Waals surface area (Å²) in [6.07, 6.45) is 0.727. The van der Waals surface area contributed by atoms with E-state index in [1.807, 2.05) is 24.3 Å². The maximum Gasteiger partial charge on any atom is 0.316 e. The van der Waals surface area contributed by atoms with Gasteiger partial charge in [-0.25, -0.2) is 4.98 Å². The second kappa shape index (κ2) is 7.48. The van der Waals surface area contributed by atoms with E-state index in [2.05, 4.69) is 29.0 Å². The number of thioether (sulfide) groups is 1. The van der Waals surface area contributed by atoms with Crippen LogP contribution in [0.15, 0.2) is 38.4 Å². The molecule has 0 bridgehead atoms. The predicted octanol–water partition coefficient (Wildman–Crippen LogP) is 3.24. The van der Waals surface area contributed by atoms with Crippen LogP contribution < -0.4 is 0 Å². The first-order valence-electron chi connectivity index (χ1n) is 7.55. The van der Waals surface area contributed by atoms with Gasteiger partial charge in [-0.1, -0.05) is 42.9 Å². The van der Waals surface area contributed by atoms with Crippen LogP contribution in [0.4, 0.5) is 0 Å². The minimum atomic E-state index is -0.397. The molecule has 0 spiro atoms. The fourth-order valence-electron chi connectivity index (χ4n) is 2.01. The lowest BCUT2D eigenvalue weighted by Gasteiger charge is -1.99. The third-order valence-electron chi connectivity index (χ3n) is 3.05. The Hall–Kier alpha value is -2.35. The number of carbonyl (C=O) groups excluding carboxylic acids is 1. The third kappa shape index (κ3) is 4.35. The molecule has 0 saturated carbocycles. The van der Waals surface area contributed by atoms with E-state index in [1.165, 1.54) is 11.8 Å². The van der Waals surface area contributed by atoms with Gasteiger partial charge in [-0.2, -0.15) is 4.98 Å². The van der Waals surface area contributed by atoms with Crippen molar-refractivity contribution in [2.45, 2.75) is 32.1 Å². The Balaban J connectivity index is 1.46. The number of oxazole rings is 1. The van der Waals surface area contributed by atoms with Gasteiger partial charge >= 0.3 is 5.97 Å². The van der Waals surface area contributed by atoms with Crippen molar-refractivity contribution in [1.29, 1.82) is 0 Å². The first-order valence-corrected chi connectivity index (χ1v) is 8.54. The highest BCUT2D eigenvalue weighted by Gasteiger charge is 2.13. The molecule has 0 amide bonds. The Bertz CT molecular complexity index is 794. The highest BCUT2D eigenvalue weighted by molar-refractivity contribution is 7.99. The SMILES string of the molecule is CC(C)Cc1noc(COC(=O)CSc2nc3ccccc3o2)n1. The Morgan fingerprint density at radius 1 is 1.29 bits per heavy atom. The van der Waals surface area contributed by atoms with Crippen molar-refractivity contribution in [3.63, 3.8) is 0 Å². The van der Waals surface area contributed by atoms with Crippen molar-refractivity contribution in [3.05, 3.63) is 36.0 Å². The first kappa shape index (κ1) is 16.5. The molecule has 3 aromatic rings. The van der Waals surface area contributed by atoms with Crippen molar-refractivity contribution in [1.82, 2.24) is 15.1 Å². The van der Waals surface area contributed by atoms with Crippen molar-refractivity contribution in [2.75, 3.05) is 5.75 Å². The summed E-state index contributed by atoms with van der Waals surface area (Å²) in [7, 11) is 0. The van der Waals surface area contributed by atoms with E-state index in [-0.39, 0.29) is 12.4 Å². The Morgan fingerprint density at radius 3 is 2.92 bits per heavy atom. The maximum atomic E-state index is 11.8. The average molecular weight is 347 g/mol. The summed E-state index contributed by atoms with van der Waals surface area (Å²) < 4.78 is 15.7. The van der Waals surface area contributed by atoms with Gasteiger partial charge in [0.1, 0.15) is 11.3 Å². The van der Waals surface area contributed by atoms with Gasteiger partial charge in [0.15, 0.2) is 18.0 Å². The summed E-state index contributed by atoms with van der Waals surface area (Å²) in [6, 6.07) is 7.43. The summed E-state index contributed by atoms with van der Waals surface area (Å²) in [4.78, 5) is 20.2. The smallest absolute Gasteiger partial charge is 0.316 e.